The molecule has 4 heteroatoms. The lowest BCUT2D eigenvalue weighted by Gasteiger charge is -2.24. The van der Waals surface area contributed by atoms with Crippen LogP contribution in [0.15, 0.2) is 109 Å². The summed E-state index contributed by atoms with van der Waals surface area (Å²) < 4.78 is 0. The highest BCUT2D eigenvalue weighted by atomic mass is 16.2. The molecule has 0 saturated heterocycles. The van der Waals surface area contributed by atoms with Crippen LogP contribution < -0.4 is 0 Å². The number of amides is 2. The maximum absolute atomic E-state index is 13.4. The molecule has 2 aliphatic rings. The van der Waals surface area contributed by atoms with Crippen LogP contribution in [0.1, 0.15) is 43.0 Å². The third-order valence-corrected chi connectivity index (χ3v) is 6.69. The lowest BCUT2D eigenvalue weighted by Crippen LogP contribution is -2.34. The fourth-order valence-electron chi connectivity index (χ4n) is 4.96. The van der Waals surface area contributed by atoms with Crippen LogP contribution in [0.2, 0.25) is 0 Å². The SMILES string of the molecule is O=C1c2ccccc2C(=Cc2ccccc2)N1CCN1C(=O)c2ccccc2C1=Cc1ccccc1. The smallest absolute Gasteiger partial charge is 0.259 e. The molecular formula is C32H24N2O2. The van der Waals surface area contributed by atoms with E-state index >= 15 is 0 Å². The molecule has 0 radical (unpaired) electrons. The van der Waals surface area contributed by atoms with Crippen molar-refractivity contribution in [2.24, 2.45) is 0 Å². The Kier molecular flexibility index (Phi) is 5.55. The fourth-order valence-corrected chi connectivity index (χ4v) is 4.96. The zero-order chi connectivity index (χ0) is 24.5. The summed E-state index contributed by atoms with van der Waals surface area (Å²) in [7, 11) is 0. The van der Waals surface area contributed by atoms with Gasteiger partial charge in [-0.15, -0.1) is 0 Å². The molecule has 0 N–H and O–H groups in total. The number of fused-ring (bicyclic) bond motifs is 2. The molecule has 6 rings (SSSR count). The van der Waals surface area contributed by atoms with Gasteiger partial charge in [0.05, 0.1) is 11.4 Å². The van der Waals surface area contributed by atoms with Crippen molar-refractivity contribution in [1.82, 2.24) is 9.80 Å². The van der Waals surface area contributed by atoms with Crippen LogP contribution in [0.25, 0.3) is 23.5 Å². The Morgan fingerprint density at radius 3 is 1.17 bits per heavy atom. The minimum Gasteiger partial charge on any atom is -0.306 e. The highest BCUT2D eigenvalue weighted by Gasteiger charge is 2.35. The number of hydrogen-bond donors (Lipinski definition) is 0. The topological polar surface area (TPSA) is 40.6 Å². The molecular weight excluding hydrogens is 444 g/mol. The van der Waals surface area contributed by atoms with Crippen molar-refractivity contribution in [3.63, 3.8) is 0 Å². The van der Waals surface area contributed by atoms with E-state index in [0.717, 1.165) is 33.6 Å². The molecule has 2 amide bonds. The summed E-state index contributed by atoms with van der Waals surface area (Å²) >= 11 is 0. The Hall–Kier alpha value is -4.70. The van der Waals surface area contributed by atoms with E-state index in [1.54, 1.807) is 9.80 Å². The van der Waals surface area contributed by atoms with E-state index in [9.17, 15) is 9.59 Å². The molecule has 0 spiro atoms. The summed E-state index contributed by atoms with van der Waals surface area (Å²) in [4.78, 5) is 30.5. The van der Waals surface area contributed by atoms with Crippen LogP contribution >= 0.6 is 0 Å². The van der Waals surface area contributed by atoms with Gasteiger partial charge in [0.1, 0.15) is 0 Å². The molecule has 174 valence electrons. The second-order valence-corrected chi connectivity index (χ2v) is 8.89. The second-order valence-electron chi connectivity index (χ2n) is 8.89. The van der Waals surface area contributed by atoms with Crippen LogP contribution in [0.3, 0.4) is 0 Å². The van der Waals surface area contributed by atoms with Gasteiger partial charge >= 0.3 is 0 Å². The minimum absolute atomic E-state index is 0.0365. The van der Waals surface area contributed by atoms with Gasteiger partial charge in [-0.05, 0) is 35.4 Å². The molecule has 0 saturated carbocycles. The monoisotopic (exact) mass is 468 g/mol. The van der Waals surface area contributed by atoms with Gasteiger partial charge in [-0.3, -0.25) is 9.59 Å². The predicted molar refractivity (Wildman–Crippen MR) is 144 cm³/mol. The molecule has 0 bridgehead atoms. The number of hydrogen-bond acceptors (Lipinski definition) is 2. The zero-order valence-corrected chi connectivity index (χ0v) is 19.7. The standard InChI is InChI=1S/C32H24N2O2/c35-31-27-17-9-7-15-25(27)29(21-23-11-3-1-4-12-23)33(31)19-20-34-30(22-24-13-5-2-6-14-24)26-16-8-10-18-28(26)32(34)36/h1-18,21-22H,19-20H2. The average Bonchev–Trinajstić information content (AvgIpc) is 3.34. The van der Waals surface area contributed by atoms with Crippen molar-refractivity contribution in [1.29, 1.82) is 0 Å². The van der Waals surface area contributed by atoms with Crippen LogP contribution in [0.4, 0.5) is 0 Å². The largest absolute Gasteiger partial charge is 0.306 e. The van der Waals surface area contributed by atoms with E-state index in [0.29, 0.717) is 24.2 Å². The third kappa shape index (κ3) is 3.83. The summed E-state index contributed by atoms with van der Waals surface area (Å²) in [5, 5.41) is 0. The van der Waals surface area contributed by atoms with Gasteiger partial charge in [-0.1, -0.05) is 97.1 Å². The van der Waals surface area contributed by atoms with E-state index in [4.69, 9.17) is 0 Å². The van der Waals surface area contributed by atoms with Crippen molar-refractivity contribution in [3.8, 4) is 0 Å². The van der Waals surface area contributed by atoms with E-state index in [2.05, 4.69) is 0 Å². The van der Waals surface area contributed by atoms with E-state index in [1.807, 2.05) is 121 Å². The van der Waals surface area contributed by atoms with E-state index in [-0.39, 0.29) is 11.8 Å². The molecule has 0 atom stereocenters. The molecule has 0 fully saturated rings. The average molecular weight is 469 g/mol. The first-order chi connectivity index (χ1) is 17.7. The lowest BCUT2D eigenvalue weighted by molar-refractivity contribution is 0.0792. The summed E-state index contributed by atoms with van der Waals surface area (Å²) in [6.45, 7) is 0.774. The maximum Gasteiger partial charge on any atom is 0.259 e. The highest BCUT2D eigenvalue weighted by Crippen LogP contribution is 2.37. The molecule has 2 aliphatic heterocycles. The third-order valence-electron chi connectivity index (χ3n) is 6.69. The van der Waals surface area contributed by atoms with Gasteiger partial charge in [-0.2, -0.15) is 0 Å². The Bertz CT molecular complexity index is 1400. The van der Waals surface area contributed by atoms with Crippen molar-refractivity contribution in [2.75, 3.05) is 13.1 Å². The van der Waals surface area contributed by atoms with Gasteiger partial charge in [0.25, 0.3) is 11.8 Å². The summed E-state index contributed by atoms with van der Waals surface area (Å²) in [6.07, 6.45) is 4.09. The van der Waals surface area contributed by atoms with Gasteiger partial charge < -0.3 is 9.80 Å². The van der Waals surface area contributed by atoms with Gasteiger partial charge in [0, 0.05) is 35.3 Å². The first kappa shape index (κ1) is 21.8. The Morgan fingerprint density at radius 1 is 0.444 bits per heavy atom. The van der Waals surface area contributed by atoms with Crippen molar-refractivity contribution in [2.45, 2.75) is 0 Å². The number of carbonyl (C=O) groups is 2. The van der Waals surface area contributed by atoms with E-state index in [1.165, 1.54) is 0 Å². The van der Waals surface area contributed by atoms with Gasteiger partial charge in [-0.25, -0.2) is 0 Å². The lowest BCUT2D eigenvalue weighted by atomic mass is 10.1. The second kappa shape index (κ2) is 9.16. The first-order valence-electron chi connectivity index (χ1n) is 12.1. The van der Waals surface area contributed by atoms with Crippen LogP contribution in [0.5, 0.6) is 0 Å². The predicted octanol–water partition coefficient (Wildman–Crippen LogP) is 6.29. The normalized spacial score (nSPS) is 16.7. The first-order valence-corrected chi connectivity index (χ1v) is 12.1. The van der Waals surface area contributed by atoms with Crippen molar-refractivity contribution in [3.05, 3.63) is 143 Å². The number of nitrogens with zero attached hydrogens (tertiary/aromatic N) is 2. The fraction of sp³-hybridized carbons (Fsp3) is 0.0625. The van der Waals surface area contributed by atoms with Crippen molar-refractivity contribution >= 4 is 35.4 Å². The van der Waals surface area contributed by atoms with E-state index < -0.39 is 0 Å². The van der Waals surface area contributed by atoms with Crippen LogP contribution in [0, 0.1) is 0 Å². The van der Waals surface area contributed by atoms with Crippen LogP contribution in [-0.4, -0.2) is 34.7 Å². The number of benzene rings is 4. The highest BCUT2D eigenvalue weighted by molar-refractivity contribution is 6.13. The van der Waals surface area contributed by atoms with Crippen molar-refractivity contribution < 1.29 is 9.59 Å². The summed E-state index contributed by atoms with van der Waals surface area (Å²) in [5.41, 5.74) is 6.99. The molecule has 36 heavy (non-hydrogen) atoms. The summed E-state index contributed by atoms with van der Waals surface area (Å²) in [5.74, 6) is -0.0731. The van der Waals surface area contributed by atoms with Gasteiger partial charge in [0.2, 0.25) is 0 Å². The number of rotatable bonds is 5. The molecule has 0 aromatic heterocycles. The number of carbonyl (C=O) groups excluding carboxylic acids is 2. The maximum atomic E-state index is 13.4. The molecule has 4 aromatic carbocycles. The van der Waals surface area contributed by atoms with Gasteiger partial charge in [0.15, 0.2) is 0 Å². The molecule has 0 aliphatic carbocycles. The Labute approximate surface area is 210 Å². The Balaban J connectivity index is 1.35. The molecule has 2 heterocycles. The molecule has 4 nitrogen and oxygen atoms in total. The zero-order valence-electron chi connectivity index (χ0n) is 19.7. The minimum atomic E-state index is -0.0365. The molecule has 4 aromatic rings. The Morgan fingerprint density at radius 2 is 0.778 bits per heavy atom. The van der Waals surface area contributed by atoms with Crippen LogP contribution in [-0.2, 0) is 0 Å². The molecule has 0 unspecified atom stereocenters. The quantitative estimate of drug-likeness (QED) is 0.345. The summed E-state index contributed by atoms with van der Waals surface area (Å²) in [6, 6.07) is 35.4.